The zero-order chi connectivity index (χ0) is 7.98. The molecule has 58 valence electrons. The van der Waals surface area contributed by atoms with E-state index in [2.05, 4.69) is 17.5 Å². The molecule has 1 amide bonds. The number of nitrogens with one attached hydrogen (secondary N) is 1. The van der Waals surface area contributed by atoms with Gasteiger partial charge >= 0.3 is 0 Å². The summed E-state index contributed by atoms with van der Waals surface area (Å²) in [5, 5.41) is 0. The summed E-state index contributed by atoms with van der Waals surface area (Å²) in [6, 6.07) is 0. The minimum absolute atomic E-state index is 0.190. The molecule has 10 heavy (non-hydrogen) atoms. The normalized spacial score (nSPS) is 10.8. The Kier molecular flexibility index (Phi) is 5.06. The Morgan fingerprint density at radius 2 is 2.30 bits per heavy atom. The van der Waals surface area contributed by atoms with Crippen LogP contribution in [-0.2, 0) is 4.79 Å². The summed E-state index contributed by atoms with van der Waals surface area (Å²) < 4.78 is 2.19. The van der Waals surface area contributed by atoms with E-state index in [9.17, 15) is 4.79 Å². The van der Waals surface area contributed by atoms with Crippen molar-refractivity contribution in [2.75, 3.05) is 20.6 Å². The Labute approximate surface area is 66.6 Å². The van der Waals surface area contributed by atoms with E-state index in [1.807, 2.05) is 19.0 Å². The smallest absolute Gasteiger partial charge is 0.253 e. The molecule has 0 aromatic rings. The van der Waals surface area contributed by atoms with Crippen molar-refractivity contribution in [3.05, 3.63) is 12.2 Å². The Bertz CT molecular complexity index is 134. The van der Waals surface area contributed by atoms with Crippen LogP contribution in [0.4, 0.5) is 0 Å². The van der Waals surface area contributed by atoms with Crippen molar-refractivity contribution in [2.24, 2.45) is 0 Å². The predicted molar refractivity (Wildman–Crippen MR) is 44.8 cm³/mol. The van der Waals surface area contributed by atoms with Gasteiger partial charge in [0.05, 0.1) is 0 Å². The summed E-state index contributed by atoms with van der Waals surface area (Å²) in [4.78, 5) is 12.5. The van der Waals surface area contributed by atoms with Crippen LogP contribution in [0, 0.1) is 0 Å². The Morgan fingerprint density at radius 1 is 1.70 bits per heavy atom. The Hall–Kier alpha value is -0.480. The van der Waals surface area contributed by atoms with E-state index in [0.29, 0.717) is 0 Å². The topological polar surface area (TPSA) is 32.3 Å². The first-order valence-corrected chi connectivity index (χ1v) is 3.37. The van der Waals surface area contributed by atoms with E-state index in [0.717, 1.165) is 6.54 Å². The molecule has 0 aliphatic heterocycles. The summed E-state index contributed by atoms with van der Waals surface area (Å²) in [5.41, 5.74) is 0. The highest BCUT2D eigenvalue weighted by Gasteiger charge is 1.87. The second-order valence-corrected chi connectivity index (χ2v) is 2.36. The van der Waals surface area contributed by atoms with Crippen molar-refractivity contribution in [1.82, 2.24) is 9.62 Å². The molecule has 3 nitrogen and oxygen atoms in total. The molecule has 0 rings (SSSR count). The first-order chi connectivity index (χ1) is 4.66. The lowest BCUT2D eigenvalue weighted by Gasteiger charge is -2.02. The van der Waals surface area contributed by atoms with Crippen molar-refractivity contribution in [1.29, 1.82) is 0 Å². The molecule has 0 radical (unpaired) electrons. The molecule has 0 aromatic heterocycles. The van der Waals surface area contributed by atoms with Crippen LogP contribution >= 0.6 is 12.8 Å². The van der Waals surface area contributed by atoms with Crippen molar-refractivity contribution in [2.45, 2.75) is 0 Å². The van der Waals surface area contributed by atoms with Crippen LogP contribution in [-0.4, -0.2) is 31.4 Å². The first kappa shape index (κ1) is 9.52. The Morgan fingerprint density at radius 3 is 2.70 bits per heavy atom. The largest absolute Gasteiger partial charge is 0.306 e. The molecular weight excluding hydrogens is 148 g/mol. The summed E-state index contributed by atoms with van der Waals surface area (Å²) in [6.45, 7) is 0.765. The molecule has 0 spiro atoms. The fourth-order valence-electron chi connectivity index (χ4n) is 0.408. The van der Waals surface area contributed by atoms with E-state index in [1.54, 1.807) is 6.08 Å². The monoisotopic (exact) mass is 160 g/mol. The highest BCUT2D eigenvalue weighted by molar-refractivity contribution is 7.78. The summed E-state index contributed by atoms with van der Waals surface area (Å²) in [7, 11) is 3.87. The number of carbonyl (C=O) groups is 1. The molecule has 0 heterocycles. The van der Waals surface area contributed by atoms with Gasteiger partial charge in [0.15, 0.2) is 0 Å². The maximum Gasteiger partial charge on any atom is 0.253 e. The van der Waals surface area contributed by atoms with Crippen molar-refractivity contribution >= 4 is 18.7 Å². The number of amides is 1. The highest BCUT2D eigenvalue weighted by Crippen LogP contribution is 1.78. The number of carbonyl (C=O) groups excluding carboxylic acids is 1. The lowest BCUT2D eigenvalue weighted by atomic mass is 10.4. The molecule has 0 bridgehead atoms. The van der Waals surface area contributed by atoms with Crippen molar-refractivity contribution in [3.63, 3.8) is 0 Å². The molecule has 0 saturated carbocycles. The zero-order valence-corrected chi connectivity index (χ0v) is 7.06. The highest BCUT2D eigenvalue weighted by atomic mass is 32.1. The van der Waals surface area contributed by atoms with Crippen LogP contribution in [0.5, 0.6) is 0 Å². The third-order valence-electron chi connectivity index (χ3n) is 0.850. The fourth-order valence-corrected chi connectivity index (χ4v) is 0.482. The van der Waals surface area contributed by atoms with E-state index < -0.39 is 0 Å². The number of thiol groups is 1. The molecule has 0 atom stereocenters. The molecule has 0 aromatic carbocycles. The molecule has 1 N–H and O–H groups in total. The summed E-state index contributed by atoms with van der Waals surface area (Å²) in [6.07, 6.45) is 3.22. The second kappa shape index (κ2) is 5.32. The average molecular weight is 160 g/mol. The van der Waals surface area contributed by atoms with Gasteiger partial charge in [-0.05, 0) is 14.1 Å². The summed E-state index contributed by atoms with van der Waals surface area (Å²) in [5.74, 6) is -0.190. The van der Waals surface area contributed by atoms with Gasteiger partial charge in [-0.3, -0.25) is 9.52 Å². The third-order valence-corrected chi connectivity index (χ3v) is 1.07. The third kappa shape index (κ3) is 5.65. The minimum Gasteiger partial charge on any atom is -0.306 e. The van der Waals surface area contributed by atoms with Crippen LogP contribution in [0.1, 0.15) is 0 Å². The van der Waals surface area contributed by atoms with E-state index >= 15 is 0 Å². The van der Waals surface area contributed by atoms with E-state index in [-0.39, 0.29) is 5.91 Å². The standard InChI is InChI=1S/C6H12N2OS/c1-8(2)5-3-4-6(9)7-10/h3-4,10H,5H2,1-2H3,(H,7,9). The zero-order valence-electron chi connectivity index (χ0n) is 6.16. The molecule has 0 aliphatic carbocycles. The van der Waals surface area contributed by atoms with Crippen molar-refractivity contribution in [3.8, 4) is 0 Å². The van der Waals surface area contributed by atoms with Gasteiger partial charge in [0.2, 0.25) is 0 Å². The van der Waals surface area contributed by atoms with Gasteiger partial charge in [0.1, 0.15) is 0 Å². The lowest BCUT2D eigenvalue weighted by molar-refractivity contribution is -0.114. The number of nitrogens with zero attached hydrogens (tertiary/aromatic N) is 1. The molecule has 0 unspecified atom stereocenters. The van der Waals surface area contributed by atoms with E-state index in [1.165, 1.54) is 6.08 Å². The molecule has 0 aliphatic rings. The quantitative estimate of drug-likeness (QED) is 0.452. The van der Waals surface area contributed by atoms with Crippen LogP contribution in [0.15, 0.2) is 12.2 Å². The fraction of sp³-hybridized carbons (Fsp3) is 0.500. The number of hydrogen-bond acceptors (Lipinski definition) is 3. The molecule has 4 heteroatoms. The van der Waals surface area contributed by atoms with Crippen LogP contribution in [0.2, 0.25) is 0 Å². The average Bonchev–Trinajstić information content (AvgIpc) is 1.87. The van der Waals surface area contributed by atoms with Crippen molar-refractivity contribution < 1.29 is 4.79 Å². The van der Waals surface area contributed by atoms with Gasteiger partial charge in [-0.15, -0.1) is 0 Å². The second-order valence-electron chi connectivity index (χ2n) is 2.14. The molecule has 0 fully saturated rings. The first-order valence-electron chi connectivity index (χ1n) is 2.92. The molecular formula is C6H12N2OS. The van der Waals surface area contributed by atoms with Crippen LogP contribution in [0.3, 0.4) is 0 Å². The lowest BCUT2D eigenvalue weighted by Crippen LogP contribution is -2.13. The molecule has 0 saturated heterocycles. The number of likely N-dealkylation sites (N-methyl/N-ethyl adjacent to an activating group) is 1. The SMILES string of the molecule is CN(C)CC=CC(=O)NS. The maximum atomic E-state index is 10.5. The van der Waals surface area contributed by atoms with Gasteiger partial charge in [-0.2, -0.15) is 0 Å². The van der Waals surface area contributed by atoms with Gasteiger partial charge in [-0.1, -0.05) is 18.9 Å². The predicted octanol–water partition coefficient (Wildman–Crippen LogP) is 0.0652. The number of hydrogen-bond donors (Lipinski definition) is 2. The van der Waals surface area contributed by atoms with Gasteiger partial charge < -0.3 is 4.90 Å². The minimum atomic E-state index is -0.190. The van der Waals surface area contributed by atoms with Gasteiger partial charge in [0, 0.05) is 12.6 Å². The van der Waals surface area contributed by atoms with Gasteiger partial charge in [-0.25, -0.2) is 0 Å². The maximum absolute atomic E-state index is 10.5. The van der Waals surface area contributed by atoms with Gasteiger partial charge in [0.25, 0.3) is 5.91 Å². The summed E-state index contributed by atoms with van der Waals surface area (Å²) >= 11 is 3.58. The number of rotatable bonds is 3. The van der Waals surface area contributed by atoms with Crippen LogP contribution < -0.4 is 4.72 Å². The van der Waals surface area contributed by atoms with E-state index in [4.69, 9.17) is 0 Å². The Balaban J connectivity index is 3.46. The van der Waals surface area contributed by atoms with Crippen LogP contribution in [0.25, 0.3) is 0 Å².